The molecule has 0 bridgehead atoms. The lowest BCUT2D eigenvalue weighted by Gasteiger charge is -2.26. The molecule has 3 nitrogen and oxygen atoms in total. The average molecular weight is 279 g/mol. The van der Waals surface area contributed by atoms with E-state index in [0.717, 1.165) is 24.0 Å². The molecule has 0 aromatic heterocycles. The van der Waals surface area contributed by atoms with Crippen molar-refractivity contribution in [3.8, 4) is 0 Å². The molecule has 0 aliphatic heterocycles. The molecule has 0 spiro atoms. The van der Waals surface area contributed by atoms with E-state index in [0.29, 0.717) is 6.42 Å². The molecular weight excluding hydrogens is 257 g/mol. The first-order chi connectivity index (χ1) is 9.58. The number of halogens is 1. The summed E-state index contributed by atoms with van der Waals surface area (Å²) in [6, 6.07) is 4.84. The number of hydrogen-bond donors (Lipinski definition) is 1. The highest BCUT2D eigenvalue weighted by atomic mass is 19.1. The van der Waals surface area contributed by atoms with Gasteiger partial charge in [0, 0.05) is 6.04 Å². The predicted octanol–water partition coefficient (Wildman–Crippen LogP) is 2.99. The lowest BCUT2D eigenvalue weighted by atomic mass is 9.97. The molecule has 0 radical (unpaired) electrons. The molecule has 0 heterocycles. The summed E-state index contributed by atoms with van der Waals surface area (Å²) in [7, 11) is 1.40. The predicted molar refractivity (Wildman–Crippen MR) is 75.9 cm³/mol. The average Bonchev–Trinajstić information content (AvgIpc) is 2.87. The van der Waals surface area contributed by atoms with Crippen molar-refractivity contribution in [1.29, 1.82) is 0 Å². The second-order valence-corrected chi connectivity index (χ2v) is 5.45. The summed E-state index contributed by atoms with van der Waals surface area (Å²) in [4.78, 5) is 11.9. The number of ether oxygens (including phenoxy) is 1. The molecule has 4 heteroatoms. The van der Waals surface area contributed by atoms with Crippen LogP contribution < -0.4 is 5.32 Å². The number of methoxy groups -OCH3 is 1. The minimum atomic E-state index is -0.343. The summed E-state index contributed by atoms with van der Waals surface area (Å²) in [5.74, 6) is -0.214. The van der Waals surface area contributed by atoms with Crippen molar-refractivity contribution in [2.24, 2.45) is 5.92 Å². The monoisotopic (exact) mass is 279 g/mol. The van der Waals surface area contributed by atoms with E-state index in [1.54, 1.807) is 6.07 Å². The molecule has 2 rings (SSSR count). The Kier molecular flexibility index (Phi) is 4.76. The molecule has 1 aromatic rings. The van der Waals surface area contributed by atoms with Gasteiger partial charge in [-0.3, -0.25) is 10.1 Å². The maximum atomic E-state index is 13.7. The number of esters is 1. The van der Waals surface area contributed by atoms with Gasteiger partial charge in [0.15, 0.2) is 0 Å². The fourth-order valence-corrected chi connectivity index (χ4v) is 2.83. The van der Waals surface area contributed by atoms with Crippen LogP contribution in [-0.2, 0) is 16.0 Å². The zero-order chi connectivity index (χ0) is 14.7. The van der Waals surface area contributed by atoms with Crippen LogP contribution in [0.3, 0.4) is 0 Å². The summed E-state index contributed by atoms with van der Waals surface area (Å²) in [6.45, 7) is 4.07. The Hall–Kier alpha value is -1.42. The zero-order valence-corrected chi connectivity index (χ0v) is 12.3. The molecule has 1 aliphatic carbocycles. The quantitative estimate of drug-likeness (QED) is 0.842. The van der Waals surface area contributed by atoms with E-state index < -0.39 is 0 Å². The van der Waals surface area contributed by atoms with Crippen LogP contribution in [0.5, 0.6) is 0 Å². The van der Waals surface area contributed by atoms with Crippen LogP contribution in [0.1, 0.15) is 43.9 Å². The van der Waals surface area contributed by atoms with Gasteiger partial charge in [-0.05, 0) is 36.0 Å². The summed E-state index contributed by atoms with van der Waals surface area (Å²) < 4.78 is 18.6. The molecule has 3 unspecified atom stereocenters. The van der Waals surface area contributed by atoms with Crippen LogP contribution in [0.4, 0.5) is 4.39 Å². The summed E-state index contributed by atoms with van der Waals surface area (Å²) >= 11 is 0. The molecule has 3 atom stereocenters. The number of carbonyl (C=O) groups excluding carboxylic acids is 1. The minimum Gasteiger partial charge on any atom is -0.468 e. The van der Waals surface area contributed by atoms with Crippen LogP contribution >= 0.6 is 0 Å². The van der Waals surface area contributed by atoms with E-state index in [1.807, 2.05) is 19.9 Å². The molecule has 20 heavy (non-hydrogen) atoms. The van der Waals surface area contributed by atoms with E-state index in [-0.39, 0.29) is 29.8 Å². The van der Waals surface area contributed by atoms with Gasteiger partial charge in [-0.1, -0.05) is 32.4 Å². The third-order valence-corrected chi connectivity index (χ3v) is 4.26. The van der Waals surface area contributed by atoms with Gasteiger partial charge in [-0.15, -0.1) is 0 Å². The molecule has 0 saturated heterocycles. The third-order valence-electron chi connectivity index (χ3n) is 4.26. The third kappa shape index (κ3) is 2.85. The summed E-state index contributed by atoms with van der Waals surface area (Å²) in [6.07, 6.45) is 2.42. The van der Waals surface area contributed by atoms with Crippen LogP contribution in [0, 0.1) is 11.7 Å². The molecular formula is C16H22FNO2. The van der Waals surface area contributed by atoms with Crippen molar-refractivity contribution in [2.75, 3.05) is 7.11 Å². The number of hydrogen-bond acceptors (Lipinski definition) is 3. The fourth-order valence-electron chi connectivity index (χ4n) is 2.83. The van der Waals surface area contributed by atoms with Crippen molar-refractivity contribution in [2.45, 2.75) is 45.2 Å². The Morgan fingerprint density at radius 2 is 2.30 bits per heavy atom. The molecule has 1 aromatic carbocycles. The first-order valence-electron chi connectivity index (χ1n) is 7.19. The zero-order valence-electron chi connectivity index (χ0n) is 12.3. The van der Waals surface area contributed by atoms with E-state index in [2.05, 4.69) is 5.32 Å². The Labute approximate surface area is 119 Å². The highest BCUT2D eigenvalue weighted by Gasteiger charge is 2.31. The van der Waals surface area contributed by atoms with Crippen LogP contribution in [0.2, 0.25) is 0 Å². The van der Waals surface area contributed by atoms with Crippen LogP contribution in [0.15, 0.2) is 18.2 Å². The summed E-state index contributed by atoms with van der Waals surface area (Å²) in [5.41, 5.74) is 1.75. The van der Waals surface area contributed by atoms with Gasteiger partial charge in [-0.2, -0.15) is 0 Å². The second kappa shape index (κ2) is 6.35. The molecule has 1 aliphatic rings. The number of benzene rings is 1. The van der Waals surface area contributed by atoms with E-state index >= 15 is 0 Å². The second-order valence-electron chi connectivity index (χ2n) is 5.45. The standard InChI is InChI=1S/C16H22FNO2/c1-4-10(2)15(16(19)20-3)18-14-9-8-11-12(14)6-5-7-13(11)17/h5-7,10,14-15,18H,4,8-9H2,1-3H3. The Balaban J connectivity index is 2.18. The Morgan fingerprint density at radius 3 is 2.95 bits per heavy atom. The normalized spacial score (nSPS) is 20.3. The van der Waals surface area contributed by atoms with Crippen molar-refractivity contribution < 1.29 is 13.9 Å². The first kappa shape index (κ1) is 15.0. The minimum absolute atomic E-state index is 0.0267. The van der Waals surface area contributed by atoms with Crippen molar-refractivity contribution in [1.82, 2.24) is 5.32 Å². The lowest BCUT2D eigenvalue weighted by Crippen LogP contribution is -2.43. The number of fused-ring (bicyclic) bond motifs is 1. The smallest absolute Gasteiger partial charge is 0.323 e. The van der Waals surface area contributed by atoms with E-state index in [4.69, 9.17) is 4.74 Å². The van der Waals surface area contributed by atoms with Gasteiger partial charge in [-0.25, -0.2) is 4.39 Å². The van der Waals surface area contributed by atoms with Gasteiger partial charge < -0.3 is 4.74 Å². The SMILES string of the molecule is CCC(C)C(NC1CCc2c(F)cccc21)C(=O)OC. The number of carbonyl (C=O) groups is 1. The molecule has 0 amide bonds. The largest absolute Gasteiger partial charge is 0.468 e. The topological polar surface area (TPSA) is 38.3 Å². The van der Waals surface area contributed by atoms with Crippen molar-refractivity contribution in [3.05, 3.63) is 35.1 Å². The van der Waals surface area contributed by atoms with Crippen molar-refractivity contribution in [3.63, 3.8) is 0 Å². The van der Waals surface area contributed by atoms with Gasteiger partial charge in [0.05, 0.1) is 7.11 Å². The lowest BCUT2D eigenvalue weighted by molar-refractivity contribution is -0.144. The Bertz CT molecular complexity index is 489. The van der Waals surface area contributed by atoms with Crippen molar-refractivity contribution >= 4 is 5.97 Å². The maximum Gasteiger partial charge on any atom is 0.323 e. The number of rotatable bonds is 5. The van der Waals surface area contributed by atoms with Gasteiger partial charge in [0.25, 0.3) is 0 Å². The van der Waals surface area contributed by atoms with Gasteiger partial charge in [0.2, 0.25) is 0 Å². The number of nitrogens with one attached hydrogen (secondary N) is 1. The molecule has 1 N–H and O–H groups in total. The highest BCUT2D eigenvalue weighted by molar-refractivity contribution is 5.76. The summed E-state index contributed by atoms with van der Waals surface area (Å²) in [5, 5.41) is 3.36. The van der Waals surface area contributed by atoms with E-state index in [9.17, 15) is 9.18 Å². The van der Waals surface area contributed by atoms with Crippen LogP contribution in [-0.4, -0.2) is 19.1 Å². The van der Waals surface area contributed by atoms with Gasteiger partial charge >= 0.3 is 5.97 Å². The van der Waals surface area contributed by atoms with E-state index in [1.165, 1.54) is 13.2 Å². The highest BCUT2D eigenvalue weighted by Crippen LogP contribution is 2.33. The molecule has 110 valence electrons. The maximum absolute atomic E-state index is 13.7. The van der Waals surface area contributed by atoms with Crippen LogP contribution in [0.25, 0.3) is 0 Å². The first-order valence-corrected chi connectivity index (χ1v) is 7.19. The fraction of sp³-hybridized carbons (Fsp3) is 0.562. The Morgan fingerprint density at radius 1 is 1.55 bits per heavy atom. The molecule has 0 fully saturated rings. The van der Waals surface area contributed by atoms with Gasteiger partial charge in [0.1, 0.15) is 11.9 Å². The molecule has 0 saturated carbocycles.